The minimum absolute atomic E-state index is 0.0224. The Balaban J connectivity index is 1.49. The Hall–Kier alpha value is -4.19. The van der Waals surface area contributed by atoms with Crippen molar-refractivity contribution in [3.63, 3.8) is 0 Å². The van der Waals surface area contributed by atoms with Crippen LogP contribution in [-0.2, 0) is 17.5 Å². The van der Waals surface area contributed by atoms with E-state index < -0.39 is 29.5 Å². The minimum Gasteiger partial charge on any atom is -0.444 e. The number of anilines is 1. The predicted octanol–water partition coefficient (Wildman–Crippen LogP) is 5.09. The number of alkyl halides is 3. The second kappa shape index (κ2) is 12.8. The lowest BCUT2D eigenvalue weighted by atomic mass is 9.95. The quantitative estimate of drug-likeness (QED) is 0.355. The standard InChI is InChI=1S/C30H35F3N6O3/c1-19(37-26(40)25-11-12-35-27(38-25)39-15-13-34-14-16-39)20-5-7-21(8-6-20)24-17-23(30(31,32)33)10-9-22(24)18-36-28(41)42-29(2,3)4/h5-12,17,19,34H,13-16,18H2,1-4H3,(H,36,41)(H,37,40)/t19-/m1/s1. The van der Waals surface area contributed by atoms with Crippen LogP contribution in [0.25, 0.3) is 11.1 Å². The van der Waals surface area contributed by atoms with Crippen molar-refractivity contribution in [2.75, 3.05) is 31.1 Å². The number of rotatable bonds is 7. The number of hydrogen-bond donors (Lipinski definition) is 3. The van der Waals surface area contributed by atoms with Crippen LogP contribution in [0.4, 0.5) is 23.9 Å². The van der Waals surface area contributed by atoms with Gasteiger partial charge >= 0.3 is 12.3 Å². The van der Waals surface area contributed by atoms with Gasteiger partial charge in [0.2, 0.25) is 5.95 Å². The maximum Gasteiger partial charge on any atom is 0.416 e. The molecular formula is C30H35F3N6O3. The van der Waals surface area contributed by atoms with Crippen LogP contribution in [0.3, 0.4) is 0 Å². The summed E-state index contributed by atoms with van der Waals surface area (Å²) in [6.45, 7) is 10.1. The fraction of sp³-hybridized carbons (Fsp3) is 0.400. The monoisotopic (exact) mass is 584 g/mol. The van der Waals surface area contributed by atoms with Gasteiger partial charge in [-0.15, -0.1) is 0 Å². The van der Waals surface area contributed by atoms with Crippen LogP contribution in [0.2, 0.25) is 0 Å². The molecule has 224 valence electrons. The molecule has 2 heterocycles. The fourth-order valence-electron chi connectivity index (χ4n) is 4.45. The second-order valence-corrected chi connectivity index (χ2v) is 11.0. The van der Waals surface area contributed by atoms with Crippen molar-refractivity contribution in [3.05, 3.63) is 77.1 Å². The molecule has 4 rings (SSSR count). The number of nitrogens with one attached hydrogen (secondary N) is 3. The molecule has 0 aliphatic carbocycles. The van der Waals surface area contributed by atoms with Gasteiger partial charge in [0.05, 0.1) is 11.6 Å². The Labute approximate surface area is 242 Å². The van der Waals surface area contributed by atoms with E-state index in [9.17, 15) is 22.8 Å². The van der Waals surface area contributed by atoms with Crippen molar-refractivity contribution < 1.29 is 27.5 Å². The Kier molecular flexibility index (Phi) is 9.35. The molecule has 42 heavy (non-hydrogen) atoms. The van der Waals surface area contributed by atoms with Crippen molar-refractivity contribution >= 4 is 17.9 Å². The van der Waals surface area contributed by atoms with Crippen LogP contribution in [0.5, 0.6) is 0 Å². The number of carbonyl (C=O) groups is 2. The van der Waals surface area contributed by atoms with E-state index in [4.69, 9.17) is 4.74 Å². The molecule has 9 nitrogen and oxygen atoms in total. The summed E-state index contributed by atoms with van der Waals surface area (Å²) in [5.41, 5.74) is 0.833. The number of alkyl carbamates (subject to hydrolysis) is 1. The van der Waals surface area contributed by atoms with Crippen molar-refractivity contribution in [1.82, 2.24) is 25.9 Å². The van der Waals surface area contributed by atoms with Crippen molar-refractivity contribution in [3.8, 4) is 11.1 Å². The number of halogens is 3. The number of benzene rings is 2. The second-order valence-electron chi connectivity index (χ2n) is 11.0. The summed E-state index contributed by atoms with van der Waals surface area (Å²) in [6, 6.07) is 11.4. The Bertz CT molecular complexity index is 1400. The highest BCUT2D eigenvalue weighted by Crippen LogP contribution is 2.34. The van der Waals surface area contributed by atoms with Crippen LogP contribution in [0.15, 0.2) is 54.7 Å². The SMILES string of the molecule is C[C@@H](NC(=O)c1ccnc(N2CCNCC2)n1)c1ccc(-c2cc(C(F)(F)F)ccc2CNC(=O)OC(C)(C)C)cc1. The third-order valence-electron chi connectivity index (χ3n) is 6.60. The van der Waals surface area contributed by atoms with Gasteiger partial charge in [0.25, 0.3) is 5.91 Å². The van der Waals surface area contributed by atoms with Crippen molar-refractivity contribution in [1.29, 1.82) is 0 Å². The predicted molar refractivity (Wildman–Crippen MR) is 153 cm³/mol. The molecule has 0 unspecified atom stereocenters. The van der Waals surface area contributed by atoms with Gasteiger partial charge in [0.15, 0.2) is 0 Å². The third kappa shape index (κ3) is 8.19. The molecule has 0 bridgehead atoms. The molecular weight excluding hydrogens is 549 g/mol. The van der Waals surface area contributed by atoms with Gasteiger partial charge in [-0.25, -0.2) is 14.8 Å². The van der Waals surface area contributed by atoms with Gasteiger partial charge < -0.3 is 25.6 Å². The third-order valence-corrected chi connectivity index (χ3v) is 6.60. The zero-order valence-electron chi connectivity index (χ0n) is 24.0. The lowest BCUT2D eigenvalue weighted by molar-refractivity contribution is -0.137. The highest BCUT2D eigenvalue weighted by molar-refractivity contribution is 5.92. The summed E-state index contributed by atoms with van der Waals surface area (Å²) in [7, 11) is 0. The molecule has 2 aromatic carbocycles. The summed E-state index contributed by atoms with van der Waals surface area (Å²) in [4.78, 5) is 35.8. The highest BCUT2D eigenvalue weighted by Gasteiger charge is 2.31. The van der Waals surface area contributed by atoms with E-state index >= 15 is 0 Å². The van der Waals surface area contributed by atoms with Gasteiger partial charge in [-0.05, 0) is 68.1 Å². The largest absolute Gasteiger partial charge is 0.444 e. The van der Waals surface area contributed by atoms with Crippen LogP contribution in [0, 0.1) is 0 Å². The van der Waals surface area contributed by atoms with E-state index in [1.54, 1.807) is 57.3 Å². The molecule has 1 saturated heterocycles. The van der Waals surface area contributed by atoms with Gasteiger partial charge in [0.1, 0.15) is 11.3 Å². The maximum absolute atomic E-state index is 13.5. The summed E-state index contributed by atoms with van der Waals surface area (Å²) in [6.07, 6.45) is -3.64. The zero-order valence-corrected chi connectivity index (χ0v) is 24.0. The van der Waals surface area contributed by atoms with E-state index in [0.29, 0.717) is 22.6 Å². The fourth-order valence-corrected chi connectivity index (χ4v) is 4.45. The van der Waals surface area contributed by atoms with Gasteiger partial charge in [-0.1, -0.05) is 30.3 Å². The topological polar surface area (TPSA) is 108 Å². The average Bonchev–Trinajstić information content (AvgIpc) is 2.95. The van der Waals surface area contributed by atoms with E-state index in [-0.39, 0.29) is 18.1 Å². The number of aromatic nitrogens is 2. The lowest BCUT2D eigenvalue weighted by Crippen LogP contribution is -2.44. The average molecular weight is 585 g/mol. The summed E-state index contributed by atoms with van der Waals surface area (Å²) < 4.78 is 45.8. The normalized spacial score (nSPS) is 14.7. The summed E-state index contributed by atoms with van der Waals surface area (Å²) in [5, 5.41) is 8.79. The molecule has 12 heteroatoms. The molecule has 1 aliphatic rings. The lowest BCUT2D eigenvalue weighted by Gasteiger charge is -2.27. The summed E-state index contributed by atoms with van der Waals surface area (Å²) in [5.74, 6) is 0.137. The first-order valence-electron chi connectivity index (χ1n) is 13.7. The van der Waals surface area contributed by atoms with Crippen LogP contribution in [0.1, 0.15) is 60.9 Å². The first-order valence-corrected chi connectivity index (χ1v) is 13.7. The molecule has 1 aliphatic heterocycles. The van der Waals surface area contributed by atoms with Crippen LogP contribution < -0.4 is 20.9 Å². The van der Waals surface area contributed by atoms with Crippen molar-refractivity contribution in [2.24, 2.45) is 0 Å². The minimum atomic E-state index is -4.53. The molecule has 0 spiro atoms. The van der Waals surface area contributed by atoms with Crippen LogP contribution in [-0.4, -0.2) is 53.7 Å². The smallest absolute Gasteiger partial charge is 0.416 e. The van der Waals surface area contributed by atoms with E-state index in [2.05, 4.69) is 25.9 Å². The number of hydrogen-bond acceptors (Lipinski definition) is 7. The molecule has 1 fully saturated rings. The first-order chi connectivity index (χ1) is 19.8. The van der Waals surface area contributed by atoms with Crippen LogP contribution >= 0.6 is 0 Å². The first kappa shape index (κ1) is 30.8. The van der Waals surface area contributed by atoms with E-state index in [1.165, 1.54) is 6.07 Å². The van der Waals surface area contributed by atoms with Gasteiger partial charge in [-0.3, -0.25) is 4.79 Å². The number of carbonyl (C=O) groups excluding carboxylic acids is 2. The Morgan fingerprint density at radius 1 is 1.05 bits per heavy atom. The molecule has 1 atom stereocenters. The number of nitrogens with zero attached hydrogens (tertiary/aromatic N) is 3. The Morgan fingerprint density at radius 3 is 2.38 bits per heavy atom. The molecule has 1 aromatic heterocycles. The number of amides is 2. The van der Waals surface area contributed by atoms with Gasteiger partial charge in [0, 0.05) is 38.9 Å². The van der Waals surface area contributed by atoms with E-state index in [1.807, 2.05) is 11.8 Å². The zero-order chi connectivity index (χ0) is 30.5. The number of piperazine rings is 1. The van der Waals surface area contributed by atoms with Crippen molar-refractivity contribution in [2.45, 2.75) is 52.1 Å². The van der Waals surface area contributed by atoms with E-state index in [0.717, 1.165) is 43.9 Å². The number of ether oxygens (including phenoxy) is 1. The Morgan fingerprint density at radius 2 is 1.74 bits per heavy atom. The molecule has 0 radical (unpaired) electrons. The highest BCUT2D eigenvalue weighted by atomic mass is 19.4. The molecule has 0 saturated carbocycles. The molecule has 3 aromatic rings. The maximum atomic E-state index is 13.5. The summed E-state index contributed by atoms with van der Waals surface area (Å²) >= 11 is 0. The van der Waals surface area contributed by atoms with Gasteiger partial charge in [-0.2, -0.15) is 13.2 Å². The molecule has 3 N–H and O–H groups in total. The molecule has 2 amide bonds.